The van der Waals surface area contributed by atoms with Crippen molar-refractivity contribution >= 4 is 95.0 Å². The molecule has 27 heteroatoms. The number of aromatic nitrogens is 9. The summed E-state index contributed by atoms with van der Waals surface area (Å²) in [6, 6.07) is 17.7. The number of halogens is 5. The highest BCUT2D eigenvalue weighted by Crippen LogP contribution is 2.30. The summed E-state index contributed by atoms with van der Waals surface area (Å²) in [6.07, 6.45) is 9.29. The number of methoxy groups -OCH3 is 2. The van der Waals surface area contributed by atoms with E-state index in [0.717, 1.165) is 18.2 Å². The molecule has 0 aliphatic heterocycles. The van der Waals surface area contributed by atoms with Gasteiger partial charge in [0.05, 0.1) is 52.6 Å². The second-order valence-electron chi connectivity index (χ2n) is 14.8. The van der Waals surface area contributed by atoms with Crippen LogP contribution in [0.2, 0.25) is 5.15 Å². The molecule has 3 aromatic carbocycles. The Balaban J connectivity index is 0.000000283. The molecule has 6 heterocycles. The van der Waals surface area contributed by atoms with Gasteiger partial charge in [-0.05, 0) is 93.6 Å². The molecule has 0 amide bonds. The number of thioether (sulfide) groups is 2. The van der Waals surface area contributed by atoms with E-state index in [4.69, 9.17) is 40.4 Å². The Bertz CT molecular complexity index is 3430. The van der Waals surface area contributed by atoms with E-state index in [1.54, 1.807) is 83.9 Å². The first-order chi connectivity index (χ1) is 37.2. The van der Waals surface area contributed by atoms with Gasteiger partial charge in [0.25, 0.3) is 0 Å². The van der Waals surface area contributed by atoms with Gasteiger partial charge in [0.1, 0.15) is 66.6 Å². The number of aromatic hydroxyl groups is 1. The van der Waals surface area contributed by atoms with Crippen LogP contribution in [0.15, 0.2) is 120 Å². The molecule has 0 atom stereocenters. The SMILES string of the molecule is C.CCOC(=O)c1cnn2ccc(Cl)nc12.CCOC(=O)c1cnn2ccc(SCc3cc(F)ccc3O)nc12.CCOC(=O)c1cnn2ccc(SCc3cc(F)ccc3OC)nc12.CO.COc1ccc(F)cc1CS.Cl. The Morgan fingerprint density at radius 3 is 1.37 bits per heavy atom. The zero-order valence-electron chi connectivity index (χ0n) is 42.5. The fraction of sp³-hybridized carbons (Fsp3) is 0.250. The molecule has 2 N–H and O–H groups in total. The lowest BCUT2D eigenvalue weighted by Gasteiger charge is -2.08. The Hall–Kier alpha value is -7.29. The largest absolute Gasteiger partial charge is 0.508 e. The molecule has 0 saturated carbocycles. The molecular formula is C52H56Cl2F3N9O10S3. The molecule has 9 aromatic rings. The van der Waals surface area contributed by atoms with Crippen LogP contribution in [-0.4, -0.2) is 113 Å². The third-order valence-electron chi connectivity index (χ3n) is 9.96. The quantitative estimate of drug-likeness (QED) is 0.0285. The van der Waals surface area contributed by atoms with Crippen molar-refractivity contribution < 1.29 is 61.5 Å². The van der Waals surface area contributed by atoms with Crippen molar-refractivity contribution in [1.82, 2.24) is 43.8 Å². The third-order valence-corrected chi connectivity index (χ3v) is 12.5. The molecule has 0 bridgehead atoms. The molecule has 0 aliphatic rings. The maximum atomic E-state index is 13.4. The van der Waals surface area contributed by atoms with Crippen molar-refractivity contribution in [3.63, 3.8) is 0 Å². The number of aliphatic hydroxyl groups excluding tert-OH is 1. The molecule has 0 radical (unpaired) electrons. The van der Waals surface area contributed by atoms with E-state index in [1.807, 2.05) is 0 Å². The smallest absolute Gasteiger partial charge is 0.343 e. The highest BCUT2D eigenvalue weighted by molar-refractivity contribution is 7.98. The number of thiol groups is 1. The van der Waals surface area contributed by atoms with Crippen LogP contribution in [-0.2, 0) is 31.5 Å². The molecule has 0 unspecified atom stereocenters. The van der Waals surface area contributed by atoms with Gasteiger partial charge in [-0.1, -0.05) is 19.0 Å². The summed E-state index contributed by atoms with van der Waals surface area (Å²) in [5.41, 5.74) is 4.11. The highest BCUT2D eigenvalue weighted by Gasteiger charge is 2.18. The number of rotatable bonds is 15. The van der Waals surface area contributed by atoms with Gasteiger partial charge in [-0.25, -0.2) is 56.1 Å². The normalized spacial score (nSPS) is 10.2. The standard InChI is InChI=1S/C17H16FN3O3S.C16H14FN3O3S.C9H8ClN3O2.C8H9FOS.CH4O.CH4.ClH/c1-3-24-17(22)13-9-19-21-7-6-15(20-16(13)21)25-10-11-8-12(18)4-5-14(11)23-2;1-2-23-16(22)12-8-18-20-6-5-14(19-15(12)20)24-9-10-7-11(17)3-4-13(10)21;1-2-15-9(14)6-5-11-13-4-3-7(10)12-8(6)13;1-10-8-3-2-7(9)4-6(8)5-11;1-2;;/h4-9H,3,10H2,1-2H3;3-8,21H,2,9H2,1H3;3-5H,2H2,1H3;2-4,11H,5H2,1H3;2H,1H3;1H4;1H. The van der Waals surface area contributed by atoms with Crippen molar-refractivity contribution in [3.05, 3.63) is 166 Å². The van der Waals surface area contributed by atoms with Crippen molar-refractivity contribution in [1.29, 1.82) is 0 Å². The number of benzene rings is 3. The number of phenols is 1. The molecule has 19 nitrogen and oxygen atoms in total. The first-order valence-corrected chi connectivity index (χ1v) is 25.8. The van der Waals surface area contributed by atoms with Gasteiger partial charge in [0, 0.05) is 59.6 Å². The van der Waals surface area contributed by atoms with Crippen LogP contribution >= 0.6 is 60.2 Å². The van der Waals surface area contributed by atoms with E-state index in [-0.39, 0.29) is 56.0 Å². The minimum absolute atomic E-state index is 0. The van der Waals surface area contributed by atoms with E-state index in [0.29, 0.717) is 84.2 Å². The van der Waals surface area contributed by atoms with Crippen molar-refractivity contribution in [2.24, 2.45) is 0 Å². The predicted molar refractivity (Wildman–Crippen MR) is 300 cm³/mol. The summed E-state index contributed by atoms with van der Waals surface area (Å²) >= 11 is 12.5. The molecule has 9 rings (SSSR count). The summed E-state index contributed by atoms with van der Waals surface area (Å²) in [4.78, 5) is 48.2. The van der Waals surface area contributed by atoms with Crippen LogP contribution < -0.4 is 9.47 Å². The first-order valence-electron chi connectivity index (χ1n) is 22.8. The molecule has 0 saturated heterocycles. The lowest BCUT2D eigenvalue weighted by atomic mass is 10.2. The van der Waals surface area contributed by atoms with Gasteiger partial charge >= 0.3 is 17.9 Å². The summed E-state index contributed by atoms with van der Waals surface area (Å²) in [7, 11) is 4.10. The number of carbonyl (C=O) groups is 3. The first kappa shape index (κ1) is 66.0. The Kier molecular flexibility index (Phi) is 27.7. The lowest BCUT2D eigenvalue weighted by Crippen LogP contribution is -2.05. The van der Waals surface area contributed by atoms with E-state index >= 15 is 0 Å². The number of aliphatic hydroxyl groups is 1. The average molecular weight is 1190 g/mol. The van der Waals surface area contributed by atoms with Crippen LogP contribution in [0.1, 0.15) is 76.0 Å². The van der Waals surface area contributed by atoms with Gasteiger partial charge in [0.2, 0.25) is 0 Å². The maximum Gasteiger partial charge on any atom is 0.343 e. The number of hydrogen-bond acceptors (Lipinski definition) is 19. The second-order valence-corrected chi connectivity index (χ2v) is 17.5. The van der Waals surface area contributed by atoms with Gasteiger partial charge < -0.3 is 33.9 Å². The highest BCUT2D eigenvalue weighted by atomic mass is 35.5. The summed E-state index contributed by atoms with van der Waals surface area (Å²) in [5, 5.41) is 30.5. The summed E-state index contributed by atoms with van der Waals surface area (Å²) in [6.45, 7) is 6.07. The fourth-order valence-corrected chi connectivity index (χ4v) is 8.54. The predicted octanol–water partition coefficient (Wildman–Crippen LogP) is 10.9. The molecule has 6 aromatic heterocycles. The number of phenolic OH excluding ortho intramolecular Hbond substituents is 1. The number of hydrogen-bond donors (Lipinski definition) is 3. The summed E-state index contributed by atoms with van der Waals surface area (Å²) in [5.74, 6) is 0.270. The fourth-order valence-electron chi connectivity index (χ4n) is 6.47. The molecule has 0 spiro atoms. The van der Waals surface area contributed by atoms with E-state index in [1.165, 1.54) is 98.1 Å². The molecule has 422 valence electrons. The van der Waals surface area contributed by atoms with Gasteiger partial charge in [-0.2, -0.15) is 27.9 Å². The Morgan fingerprint density at radius 1 is 0.582 bits per heavy atom. The Morgan fingerprint density at radius 2 is 0.949 bits per heavy atom. The maximum absolute atomic E-state index is 13.4. The molecule has 0 fully saturated rings. The topological polar surface area (TPSA) is 228 Å². The van der Waals surface area contributed by atoms with Crippen molar-refractivity contribution in [2.45, 2.75) is 55.5 Å². The van der Waals surface area contributed by atoms with Crippen LogP contribution in [0.5, 0.6) is 17.2 Å². The van der Waals surface area contributed by atoms with Gasteiger partial charge in [0.15, 0.2) is 16.9 Å². The number of nitrogens with zero attached hydrogens (tertiary/aromatic N) is 9. The number of ether oxygens (including phenoxy) is 5. The van der Waals surface area contributed by atoms with Crippen molar-refractivity contribution in [3.8, 4) is 17.2 Å². The number of fused-ring (bicyclic) bond motifs is 3. The van der Waals surface area contributed by atoms with E-state index in [9.17, 15) is 32.7 Å². The molecule has 79 heavy (non-hydrogen) atoms. The van der Waals surface area contributed by atoms with Crippen LogP contribution in [0.3, 0.4) is 0 Å². The van der Waals surface area contributed by atoms with Crippen molar-refractivity contribution in [2.75, 3.05) is 41.2 Å². The van der Waals surface area contributed by atoms with Crippen LogP contribution in [0.4, 0.5) is 13.2 Å². The molecular weight excluding hydrogens is 1130 g/mol. The van der Waals surface area contributed by atoms with Crippen LogP contribution in [0, 0.1) is 17.5 Å². The zero-order chi connectivity index (χ0) is 56.0. The average Bonchev–Trinajstić information content (AvgIpc) is 4.19. The van der Waals surface area contributed by atoms with Gasteiger partial charge in [-0.3, -0.25) is 0 Å². The van der Waals surface area contributed by atoms with E-state index in [2.05, 4.69) is 42.9 Å². The summed E-state index contributed by atoms with van der Waals surface area (Å²) < 4.78 is 68.8. The van der Waals surface area contributed by atoms with Crippen LogP contribution in [0.25, 0.3) is 16.9 Å². The second kappa shape index (κ2) is 33.2. The minimum atomic E-state index is -0.482. The van der Waals surface area contributed by atoms with E-state index < -0.39 is 23.7 Å². The number of esters is 3. The lowest BCUT2D eigenvalue weighted by molar-refractivity contribution is 0.0518. The Labute approximate surface area is 477 Å². The zero-order valence-corrected chi connectivity index (χ0v) is 46.6. The minimum Gasteiger partial charge on any atom is -0.508 e. The monoisotopic (exact) mass is 1190 g/mol. The van der Waals surface area contributed by atoms with Gasteiger partial charge in [-0.15, -0.1) is 35.9 Å². The third kappa shape index (κ3) is 18.4. The molecule has 0 aliphatic carbocycles. The number of carbonyl (C=O) groups excluding carboxylic acids is 3.